The number of carbonyl (C=O) groups excluding carboxylic acids is 1. The number of anilines is 1. The number of hydrogen-bond donors (Lipinski definition) is 1. The number of amides is 1. The first kappa shape index (κ1) is 17.3. The maximum Gasteiger partial charge on any atom is 0.257 e. The van der Waals surface area contributed by atoms with Crippen molar-refractivity contribution in [3.05, 3.63) is 59.7 Å². The van der Waals surface area contributed by atoms with Gasteiger partial charge in [-0.2, -0.15) is 0 Å². The molecule has 1 aliphatic rings. The lowest BCUT2D eigenvalue weighted by molar-refractivity contribution is 0.0610. The highest BCUT2D eigenvalue weighted by atomic mass is 16.5. The Labute approximate surface area is 149 Å². The fourth-order valence-electron chi connectivity index (χ4n) is 3.16. The van der Waals surface area contributed by atoms with Crippen LogP contribution >= 0.6 is 0 Å². The average molecular weight is 338 g/mol. The first-order chi connectivity index (χ1) is 11.9. The van der Waals surface area contributed by atoms with Crippen molar-refractivity contribution < 1.29 is 9.53 Å². The van der Waals surface area contributed by atoms with E-state index in [2.05, 4.69) is 19.2 Å². The van der Waals surface area contributed by atoms with E-state index in [9.17, 15) is 4.79 Å². The molecule has 0 radical (unpaired) electrons. The molecule has 0 spiro atoms. The van der Waals surface area contributed by atoms with Crippen LogP contribution in [-0.2, 0) is 5.66 Å². The number of rotatable bonds is 5. The molecule has 0 aliphatic carbocycles. The van der Waals surface area contributed by atoms with Gasteiger partial charge in [0.2, 0.25) is 0 Å². The number of ether oxygens (including phenoxy) is 1. The van der Waals surface area contributed by atoms with Crippen LogP contribution in [-0.4, -0.2) is 24.5 Å². The van der Waals surface area contributed by atoms with Crippen molar-refractivity contribution in [1.82, 2.24) is 4.90 Å². The highest BCUT2D eigenvalue weighted by Gasteiger charge is 2.41. The molecule has 0 aromatic heterocycles. The van der Waals surface area contributed by atoms with Crippen molar-refractivity contribution in [3.63, 3.8) is 0 Å². The van der Waals surface area contributed by atoms with Crippen molar-refractivity contribution >= 4 is 11.6 Å². The summed E-state index contributed by atoms with van der Waals surface area (Å²) in [5.41, 5.74) is 1.84. The molecule has 1 N–H and O–H groups in total. The number of carbonyl (C=O) groups is 1. The van der Waals surface area contributed by atoms with Crippen LogP contribution in [0.5, 0.6) is 5.75 Å². The Balaban J connectivity index is 1.97. The first-order valence-electron chi connectivity index (χ1n) is 8.81. The summed E-state index contributed by atoms with van der Waals surface area (Å²) < 4.78 is 6.06. The van der Waals surface area contributed by atoms with Crippen molar-refractivity contribution in [2.24, 2.45) is 5.92 Å². The Morgan fingerprint density at radius 2 is 1.80 bits per heavy atom. The summed E-state index contributed by atoms with van der Waals surface area (Å²) in [6.07, 6.45) is 0.996. The van der Waals surface area contributed by atoms with Crippen molar-refractivity contribution in [2.75, 3.05) is 19.0 Å². The molecule has 4 nitrogen and oxygen atoms in total. The highest BCUT2D eigenvalue weighted by molar-refractivity contribution is 6.02. The molecule has 0 saturated carbocycles. The normalized spacial score (nSPS) is 19.6. The monoisotopic (exact) mass is 338 g/mol. The zero-order chi connectivity index (χ0) is 18.0. The molecule has 1 unspecified atom stereocenters. The maximum absolute atomic E-state index is 12.9. The van der Waals surface area contributed by atoms with E-state index in [4.69, 9.17) is 4.74 Å². The largest absolute Gasteiger partial charge is 0.493 e. The average Bonchev–Trinajstić information content (AvgIpc) is 2.60. The van der Waals surface area contributed by atoms with E-state index in [0.717, 1.165) is 23.4 Å². The molecular formula is C21H26N2O2. The zero-order valence-electron chi connectivity index (χ0n) is 15.4. The smallest absolute Gasteiger partial charge is 0.257 e. The third-order valence-corrected chi connectivity index (χ3v) is 4.88. The van der Waals surface area contributed by atoms with Gasteiger partial charge in [-0.1, -0.05) is 44.2 Å². The molecule has 25 heavy (non-hydrogen) atoms. The van der Waals surface area contributed by atoms with Crippen LogP contribution in [0, 0.1) is 5.92 Å². The van der Waals surface area contributed by atoms with Crippen LogP contribution in [0.15, 0.2) is 48.5 Å². The quantitative estimate of drug-likeness (QED) is 0.874. The lowest BCUT2D eigenvalue weighted by Gasteiger charge is -2.45. The second kappa shape index (κ2) is 6.79. The number of nitrogens with zero attached hydrogens (tertiary/aromatic N) is 1. The molecule has 1 aliphatic heterocycles. The second-order valence-electron chi connectivity index (χ2n) is 7.13. The summed E-state index contributed by atoms with van der Waals surface area (Å²) in [6.45, 7) is 7.05. The van der Waals surface area contributed by atoms with Gasteiger partial charge >= 0.3 is 0 Å². The van der Waals surface area contributed by atoms with E-state index in [1.807, 2.05) is 62.5 Å². The van der Waals surface area contributed by atoms with Crippen LogP contribution in [0.3, 0.4) is 0 Å². The predicted molar refractivity (Wildman–Crippen MR) is 101 cm³/mol. The molecule has 2 aromatic rings. The highest BCUT2D eigenvalue weighted by Crippen LogP contribution is 2.40. The fraction of sp³-hybridized carbons (Fsp3) is 0.381. The SMILES string of the molecule is CC(C)CCOc1ccccc1C1(C)Nc2ccccc2C(=O)N1C. The van der Waals surface area contributed by atoms with E-state index < -0.39 is 5.66 Å². The second-order valence-corrected chi connectivity index (χ2v) is 7.13. The Morgan fingerprint density at radius 1 is 1.12 bits per heavy atom. The molecule has 3 rings (SSSR count). The van der Waals surface area contributed by atoms with Gasteiger partial charge in [0.1, 0.15) is 11.4 Å². The summed E-state index contributed by atoms with van der Waals surface area (Å²) in [7, 11) is 1.83. The number of nitrogens with one attached hydrogen (secondary N) is 1. The Morgan fingerprint density at radius 3 is 2.56 bits per heavy atom. The lowest BCUT2D eigenvalue weighted by atomic mass is 9.93. The van der Waals surface area contributed by atoms with Gasteiger partial charge in [0, 0.05) is 18.3 Å². The van der Waals surface area contributed by atoms with Crippen molar-refractivity contribution in [1.29, 1.82) is 0 Å². The standard InChI is InChI=1S/C21H26N2O2/c1-15(2)13-14-25-19-12-8-6-10-17(19)21(3)22-18-11-7-5-9-16(18)20(24)23(21)4/h5-12,15,22H,13-14H2,1-4H3. The molecule has 2 aromatic carbocycles. The Bertz CT molecular complexity index is 772. The topological polar surface area (TPSA) is 41.6 Å². The van der Waals surface area contributed by atoms with Crippen LogP contribution in [0.2, 0.25) is 0 Å². The maximum atomic E-state index is 12.9. The van der Waals surface area contributed by atoms with Gasteiger partial charge in [-0.15, -0.1) is 0 Å². The molecule has 4 heteroatoms. The van der Waals surface area contributed by atoms with Gasteiger partial charge in [0.25, 0.3) is 5.91 Å². The number of para-hydroxylation sites is 2. The molecule has 132 valence electrons. The van der Waals surface area contributed by atoms with E-state index in [1.165, 1.54) is 0 Å². The molecule has 0 fully saturated rings. The third kappa shape index (κ3) is 3.21. The van der Waals surface area contributed by atoms with Gasteiger partial charge in [-0.25, -0.2) is 0 Å². The predicted octanol–water partition coefficient (Wildman–Crippen LogP) is 4.48. The van der Waals surface area contributed by atoms with E-state index in [1.54, 1.807) is 4.90 Å². The molecule has 1 heterocycles. The summed E-state index contributed by atoms with van der Waals surface area (Å²) in [5.74, 6) is 1.41. The van der Waals surface area contributed by atoms with Crippen LogP contribution in [0.4, 0.5) is 5.69 Å². The van der Waals surface area contributed by atoms with E-state index in [-0.39, 0.29) is 5.91 Å². The number of benzene rings is 2. The van der Waals surface area contributed by atoms with Gasteiger partial charge in [-0.3, -0.25) is 4.79 Å². The molecular weight excluding hydrogens is 312 g/mol. The number of fused-ring (bicyclic) bond motifs is 1. The van der Waals surface area contributed by atoms with Gasteiger partial charge in [0.15, 0.2) is 0 Å². The number of hydrogen-bond acceptors (Lipinski definition) is 3. The molecule has 0 saturated heterocycles. The van der Waals surface area contributed by atoms with Crippen LogP contribution in [0.1, 0.15) is 43.1 Å². The summed E-state index contributed by atoms with van der Waals surface area (Å²) in [4.78, 5) is 14.6. The zero-order valence-corrected chi connectivity index (χ0v) is 15.4. The van der Waals surface area contributed by atoms with Crippen LogP contribution < -0.4 is 10.1 Å². The Kier molecular flexibility index (Phi) is 4.71. The van der Waals surface area contributed by atoms with Gasteiger partial charge in [0.05, 0.1) is 12.2 Å². The van der Waals surface area contributed by atoms with Gasteiger partial charge < -0.3 is 15.0 Å². The summed E-state index contributed by atoms with van der Waals surface area (Å²) >= 11 is 0. The van der Waals surface area contributed by atoms with E-state index in [0.29, 0.717) is 18.1 Å². The van der Waals surface area contributed by atoms with Crippen LogP contribution in [0.25, 0.3) is 0 Å². The van der Waals surface area contributed by atoms with Crippen molar-refractivity contribution in [3.8, 4) is 5.75 Å². The minimum Gasteiger partial charge on any atom is -0.493 e. The third-order valence-electron chi connectivity index (χ3n) is 4.88. The lowest BCUT2D eigenvalue weighted by Crippen LogP contribution is -2.53. The summed E-state index contributed by atoms with van der Waals surface area (Å²) in [6, 6.07) is 15.6. The minimum absolute atomic E-state index is 0.00818. The first-order valence-corrected chi connectivity index (χ1v) is 8.81. The molecule has 0 bridgehead atoms. The molecule has 1 atom stereocenters. The Hall–Kier alpha value is -2.49. The van der Waals surface area contributed by atoms with E-state index >= 15 is 0 Å². The minimum atomic E-state index is -0.667. The van der Waals surface area contributed by atoms with Gasteiger partial charge in [-0.05, 0) is 37.5 Å². The van der Waals surface area contributed by atoms with Crippen molar-refractivity contribution in [2.45, 2.75) is 32.9 Å². The fourth-order valence-corrected chi connectivity index (χ4v) is 3.16. The molecule has 1 amide bonds. The summed E-state index contributed by atoms with van der Waals surface area (Å²) in [5, 5.41) is 3.53.